The van der Waals surface area contributed by atoms with E-state index in [1.807, 2.05) is 0 Å². The lowest BCUT2D eigenvalue weighted by Crippen LogP contribution is -2.37. The molecule has 0 aromatic rings. The Bertz CT molecular complexity index is 296. The van der Waals surface area contributed by atoms with Gasteiger partial charge in [-0.1, -0.05) is 44.9 Å². The normalized spacial score (nSPS) is 18.9. The van der Waals surface area contributed by atoms with Gasteiger partial charge >= 0.3 is 6.09 Å². The average Bonchev–Trinajstić information content (AvgIpc) is 2.47. The second-order valence-electron chi connectivity index (χ2n) is 5.81. The Kier molecular flexibility index (Phi) is 9.66. The van der Waals surface area contributed by atoms with Gasteiger partial charge in [-0.05, 0) is 25.7 Å². The lowest BCUT2D eigenvalue weighted by molar-refractivity contribution is -0.119. The molecule has 0 atom stereocenters. The van der Waals surface area contributed by atoms with E-state index >= 15 is 0 Å². The summed E-state index contributed by atoms with van der Waals surface area (Å²) in [5.41, 5.74) is 0. The van der Waals surface area contributed by atoms with Gasteiger partial charge in [-0.15, -0.1) is 0 Å². The van der Waals surface area contributed by atoms with Crippen LogP contribution < -0.4 is 10.6 Å². The lowest BCUT2D eigenvalue weighted by atomic mass is 9.99. The van der Waals surface area contributed by atoms with Crippen molar-refractivity contribution in [3.8, 4) is 0 Å². The third-order valence-corrected chi connectivity index (χ3v) is 4.00. The number of hydrogen-bond acceptors (Lipinski definition) is 3. The monoisotopic (exact) mass is 298 g/mol. The van der Waals surface area contributed by atoms with E-state index in [1.54, 1.807) is 7.05 Å². The molecule has 0 radical (unpaired) electrons. The first-order chi connectivity index (χ1) is 10.2. The average molecular weight is 298 g/mol. The van der Waals surface area contributed by atoms with Gasteiger partial charge in [-0.25, -0.2) is 4.79 Å². The lowest BCUT2D eigenvalue weighted by Gasteiger charge is -2.19. The van der Waals surface area contributed by atoms with Crippen molar-refractivity contribution in [2.24, 2.45) is 0 Å². The largest absolute Gasteiger partial charge is 0.446 e. The molecule has 0 unspecified atom stereocenters. The number of carbonyl (C=O) groups excluding carboxylic acids is 2. The molecule has 1 aliphatic carbocycles. The van der Waals surface area contributed by atoms with Crippen molar-refractivity contribution in [3.63, 3.8) is 0 Å². The Morgan fingerprint density at radius 3 is 1.86 bits per heavy atom. The van der Waals surface area contributed by atoms with Crippen LogP contribution in [0.1, 0.15) is 70.6 Å². The third kappa shape index (κ3) is 9.32. The quantitative estimate of drug-likeness (QED) is 0.841. The van der Waals surface area contributed by atoms with Crippen LogP contribution in [0, 0.1) is 0 Å². The highest BCUT2D eigenvalue weighted by molar-refractivity contribution is 5.81. The Hall–Kier alpha value is -1.26. The first kappa shape index (κ1) is 17.8. The molecule has 21 heavy (non-hydrogen) atoms. The first-order valence-corrected chi connectivity index (χ1v) is 8.37. The maximum Gasteiger partial charge on any atom is 0.407 e. The van der Waals surface area contributed by atoms with Crippen LogP contribution in [0.4, 0.5) is 4.79 Å². The molecular weight excluding hydrogens is 268 g/mol. The topological polar surface area (TPSA) is 67.4 Å². The summed E-state index contributed by atoms with van der Waals surface area (Å²) >= 11 is 0. The van der Waals surface area contributed by atoms with Gasteiger partial charge < -0.3 is 15.4 Å². The summed E-state index contributed by atoms with van der Waals surface area (Å²) in [6, 6.07) is 0. The zero-order valence-corrected chi connectivity index (χ0v) is 13.3. The number of alkyl carbamates (subject to hydrolysis) is 1. The van der Waals surface area contributed by atoms with Crippen molar-refractivity contribution in [3.05, 3.63) is 0 Å². The maximum absolute atomic E-state index is 11.7. The molecule has 2 amide bonds. The Morgan fingerprint density at radius 2 is 1.38 bits per heavy atom. The van der Waals surface area contributed by atoms with Crippen LogP contribution in [0.15, 0.2) is 0 Å². The second-order valence-corrected chi connectivity index (χ2v) is 5.81. The number of nitrogens with one attached hydrogen (secondary N) is 2. The molecule has 1 aliphatic rings. The van der Waals surface area contributed by atoms with Gasteiger partial charge in [0.25, 0.3) is 0 Å². The second kappa shape index (κ2) is 11.4. The van der Waals surface area contributed by atoms with Crippen LogP contribution in [0.3, 0.4) is 0 Å². The number of likely N-dealkylation sites (N-methyl/N-ethyl adjacent to an activating group) is 1. The predicted octanol–water partition coefficient (Wildman–Crippen LogP) is 3.13. The molecule has 0 bridgehead atoms. The fourth-order valence-electron chi connectivity index (χ4n) is 2.68. The van der Waals surface area contributed by atoms with Crippen molar-refractivity contribution < 1.29 is 14.3 Å². The molecule has 0 heterocycles. The minimum atomic E-state index is -0.476. The molecule has 0 aromatic heterocycles. The summed E-state index contributed by atoms with van der Waals surface area (Å²) in [5.74, 6) is -0.217. The van der Waals surface area contributed by atoms with Crippen LogP contribution in [0.25, 0.3) is 0 Å². The molecular formula is C16H30N2O3. The van der Waals surface area contributed by atoms with Gasteiger partial charge in [0.15, 0.2) is 0 Å². The van der Waals surface area contributed by atoms with Gasteiger partial charge in [-0.2, -0.15) is 0 Å². The summed E-state index contributed by atoms with van der Waals surface area (Å²) < 4.78 is 5.46. The summed E-state index contributed by atoms with van der Waals surface area (Å²) in [6.07, 6.45) is 12.7. The molecule has 1 fully saturated rings. The summed E-state index contributed by atoms with van der Waals surface area (Å²) in [6.45, 7) is -0.0257. The van der Waals surface area contributed by atoms with Crippen molar-refractivity contribution in [2.45, 2.75) is 76.7 Å². The van der Waals surface area contributed by atoms with E-state index in [9.17, 15) is 9.59 Å². The van der Waals surface area contributed by atoms with E-state index in [2.05, 4.69) is 10.6 Å². The van der Waals surface area contributed by atoms with Crippen LogP contribution in [-0.4, -0.2) is 31.7 Å². The molecule has 0 spiro atoms. The fourth-order valence-corrected chi connectivity index (χ4v) is 2.68. The molecule has 0 saturated heterocycles. The predicted molar refractivity (Wildman–Crippen MR) is 83.1 cm³/mol. The number of amides is 2. The van der Waals surface area contributed by atoms with Crippen molar-refractivity contribution in [2.75, 3.05) is 13.6 Å². The van der Waals surface area contributed by atoms with E-state index in [0.717, 1.165) is 25.7 Å². The molecule has 5 nitrogen and oxygen atoms in total. The van der Waals surface area contributed by atoms with Crippen LogP contribution in [-0.2, 0) is 9.53 Å². The molecule has 122 valence electrons. The minimum Gasteiger partial charge on any atom is -0.446 e. The molecule has 5 heteroatoms. The number of hydrogen-bond donors (Lipinski definition) is 2. The van der Waals surface area contributed by atoms with Crippen molar-refractivity contribution >= 4 is 12.0 Å². The maximum atomic E-state index is 11.7. The van der Waals surface area contributed by atoms with E-state index < -0.39 is 6.09 Å². The number of carbonyl (C=O) groups is 2. The van der Waals surface area contributed by atoms with E-state index in [4.69, 9.17) is 4.74 Å². The van der Waals surface area contributed by atoms with Gasteiger partial charge in [-0.3, -0.25) is 4.79 Å². The van der Waals surface area contributed by atoms with Gasteiger partial charge in [0.2, 0.25) is 5.91 Å². The van der Waals surface area contributed by atoms with Gasteiger partial charge in [0.05, 0.1) is 6.54 Å². The highest BCUT2D eigenvalue weighted by atomic mass is 16.6. The van der Waals surface area contributed by atoms with Crippen molar-refractivity contribution in [1.29, 1.82) is 0 Å². The molecule has 0 aromatic carbocycles. The highest BCUT2D eigenvalue weighted by Gasteiger charge is 2.15. The third-order valence-electron chi connectivity index (χ3n) is 4.00. The van der Waals surface area contributed by atoms with Gasteiger partial charge in [0, 0.05) is 7.05 Å². The zero-order valence-electron chi connectivity index (χ0n) is 13.3. The van der Waals surface area contributed by atoms with Crippen LogP contribution >= 0.6 is 0 Å². The SMILES string of the molecule is CNC(=O)CNC(=O)OC1CCCCCCCCCCC1. The minimum absolute atomic E-state index is 0.00545. The first-order valence-electron chi connectivity index (χ1n) is 8.37. The number of rotatable bonds is 3. The summed E-state index contributed by atoms with van der Waals surface area (Å²) in [5, 5.41) is 4.95. The van der Waals surface area contributed by atoms with E-state index in [-0.39, 0.29) is 18.6 Å². The molecule has 1 rings (SSSR count). The van der Waals surface area contributed by atoms with Crippen molar-refractivity contribution in [1.82, 2.24) is 10.6 Å². The Balaban J connectivity index is 2.29. The smallest absolute Gasteiger partial charge is 0.407 e. The van der Waals surface area contributed by atoms with E-state index in [1.165, 1.54) is 44.9 Å². The van der Waals surface area contributed by atoms with Gasteiger partial charge in [0.1, 0.15) is 6.10 Å². The van der Waals surface area contributed by atoms with Crippen LogP contribution in [0.2, 0.25) is 0 Å². The molecule has 1 saturated carbocycles. The standard InChI is InChI=1S/C16H30N2O3/c1-17-15(19)13-18-16(20)21-14-11-9-7-5-3-2-4-6-8-10-12-14/h14H,2-13H2,1H3,(H,17,19)(H,18,20). The fraction of sp³-hybridized carbons (Fsp3) is 0.875. The molecule has 2 N–H and O–H groups in total. The Morgan fingerprint density at radius 1 is 0.905 bits per heavy atom. The summed E-state index contributed by atoms with van der Waals surface area (Å²) in [4.78, 5) is 22.8. The Labute approximate surface area is 128 Å². The van der Waals surface area contributed by atoms with Crippen LogP contribution in [0.5, 0.6) is 0 Å². The summed E-state index contributed by atoms with van der Waals surface area (Å²) in [7, 11) is 1.54. The zero-order chi connectivity index (χ0) is 15.3. The molecule has 0 aliphatic heterocycles. The highest BCUT2D eigenvalue weighted by Crippen LogP contribution is 2.18. The van der Waals surface area contributed by atoms with E-state index in [0.29, 0.717) is 0 Å². The number of ether oxygens (including phenoxy) is 1.